The standard InChI is InChI=1S/C14H20N6/c1-19-6-5-16-14(19)10-20(2)13-9-15-7-12(18-13)8-17-11-3-4-11/h5-7,9,11,17H,3-4,8,10H2,1-2H3. The van der Waals surface area contributed by atoms with E-state index in [0.29, 0.717) is 6.04 Å². The maximum Gasteiger partial charge on any atom is 0.147 e. The lowest BCUT2D eigenvalue weighted by Crippen LogP contribution is -2.22. The van der Waals surface area contributed by atoms with Crippen LogP contribution in [0.5, 0.6) is 0 Å². The summed E-state index contributed by atoms with van der Waals surface area (Å²) in [5, 5.41) is 3.46. The highest BCUT2D eigenvalue weighted by Gasteiger charge is 2.20. The monoisotopic (exact) mass is 272 g/mol. The maximum absolute atomic E-state index is 4.65. The molecule has 0 bridgehead atoms. The van der Waals surface area contributed by atoms with Crippen molar-refractivity contribution in [2.45, 2.75) is 32.0 Å². The third kappa shape index (κ3) is 3.14. The lowest BCUT2D eigenvalue weighted by atomic mass is 10.4. The first-order valence-corrected chi connectivity index (χ1v) is 6.94. The number of nitrogens with zero attached hydrogens (tertiary/aromatic N) is 5. The first-order valence-electron chi connectivity index (χ1n) is 6.94. The Morgan fingerprint density at radius 2 is 2.25 bits per heavy atom. The molecule has 2 aromatic heterocycles. The van der Waals surface area contributed by atoms with E-state index in [-0.39, 0.29) is 0 Å². The van der Waals surface area contributed by atoms with E-state index in [1.165, 1.54) is 12.8 Å². The van der Waals surface area contributed by atoms with Crippen LogP contribution in [-0.2, 0) is 20.1 Å². The summed E-state index contributed by atoms with van der Waals surface area (Å²) in [6, 6.07) is 0.686. The number of aryl methyl sites for hydroxylation is 1. The van der Waals surface area contributed by atoms with Gasteiger partial charge in [0.25, 0.3) is 0 Å². The second-order valence-electron chi connectivity index (χ2n) is 5.33. The normalized spacial score (nSPS) is 14.5. The molecule has 0 radical (unpaired) electrons. The lowest BCUT2D eigenvalue weighted by molar-refractivity contribution is 0.669. The molecule has 2 aromatic rings. The van der Waals surface area contributed by atoms with Crippen molar-refractivity contribution < 1.29 is 0 Å². The van der Waals surface area contributed by atoms with Gasteiger partial charge < -0.3 is 14.8 Å². The molecular formula is C14H20N6. The smallest absolute Gasteiger partial charge is 0.147 e. The van der Waals surface area contributed by atoms with Gasteiger partial charge in [0.05, 0.1) is 18.4 Å². The van der Waals surface area contributed by atoms with Gasteiger partial charge in [-0.25, -0.2) is 9.97 Å². The highest BCUT2D eigenvalue weighted by atomic mass is 15.2. The van der Waals surface area contributed by atoms with Crippen LogP contribution in [0.25, 0.3) is 0 Å². The Morgan fingerprint density at radius 1 is 1.40 bits per heavy atom. The van der Waals surface area contributed by atoms with E-state index < -0.39 is 0 Å². The van der Waals surface area contributed by atoms with E-state index >= 15 is 0 Å². The minimum atomic E-state index is 0.686. The van der Waals surface area contributed by atoms with Crippen molar-refractivity contribution in [1.82, 2.24) is 24.8 Å². The number of hydrogen-bond donors (Lipinski definition) is 1. The maximum atomic E-state index is 4.65. The van der Waals surface area contributed by atoms with Crippen molar-refractivity contribution in [3.8, 4) is 0 Å². The first kappa shape index (κ1) is 13.1. The molecule has 0 aromatic carbocycles. The topological polar surface area (TPSA) is 58.9 Å². The van der Waals surface area contributed by atoms with Crippen LogP contribution in [0.1, 0.15) is 24.4 Å². The van der Waals surface area contributed by atoms with Gasteiger partial charge in [-0.1, -0.05) is 0 Å². The Bertz CT molecular complexity index is 575. The molecule has 1 aliphatic carbocycles. The Morgan fingerprint density at radius 3 is 2.95 bits per heavy atom. The SMILES string of the molecule is CN(Cc1nccn1C)c1cncc(CNC2CC2)n1. The zero-order chi connectivity index (χ0) is 13.9. The number of anilines is 1. The molecule has 2 heterocycles. The second kappa shape index (κ2) is 5.58. The molecular weight excluding hydrogens is 252 g/mol. The van der Waals surface area contributed by atoms with Gasteiger partial charge in [-0.2, -0.15) is 0 Å². The van der Waals surface area contributed by atoms with Crippen molar-refractivity contribution in [2.75, 3.05) is 11.9 Å². The molecule has 1 aliphatic rings. The third-order valence-corrected chi connectivity index (χ3v) is 3.51. The van der Waals surface area contributed by atoms with Crippen LogP contribution >= 0.6 is 0 Å². The molecule has 1 fully saturated rings. The molecule has 6 heteroatoms. The molecule has 3 rings (SSSR count). The first-order chi connectivity index (χ1) is 9.72. The van der Waals surface area contributed by atoms with E-state index in [4.69, 9.17) is 0 Å². The van der Waals surface area contributed by atoms with E-state index in [1.54, 1.807) is 6.20 Å². The summed E-state index contributed by atoms with van der Waals surface area (Å²) in [7, 11) is 4.01. The highest BCUT2D eigenvalue weighted by Crippen LogP contribution is 2.19. The Kier molecular flexibility index (Phi) is 3.64. The van der Waals surface area contributed by atoms with E-state index in [0.717, 1.165) is 30.4 Å². The highest BCUT2D eigenvalue weighted by molar-refractivity contribution is 5.35. The summed E-state index contributed by atoms with van der Waals surface area (Å²) >= 11 is 0. The average molecular weight is 272 g/mol. The number of rotatable bonds is 6. The molecule has 106 valence electrons. The molecule has 20 heavy (non-hydrogen) atoms. The summed E-state index contributed by atoms with van der Waals surface area (Å²) in [5.74, 6) is 1.89. The van der Waals surface area contributed by atoms with Gasteiger partial charge in [-0.15, -0.1) is 0 Å². The van der Waals surface area contributed by atoms with Gasteiger partial charge in [0.1, 0.15) is 11.6 Å². The zero-order valence-electron chi connectivity index (χ0n) is 12.0. The van der Waals surface area contributed by atoms with E-state index in [1.807, 2.05) is 37.3 Å². The van der Waals surface area contributed by atoms with Crippen LogP contribution in [0, 0.1) is 0 Å². The zero-order valence-corrected chi connectivity index (χ0v) is 12.0. The Balaban J connectivity index is 1.65. The molecule has 0 aliphatic heterocycles. The van der Waals surface area contributed by atoms with E-state index in [2.05, 4.69) is 25.2 Å². The summed E-state index contributed by atoms with van der Waals surface area (Å²) in [5.41, 5.74) is 0.987. The molecule has 1 N–H and O–H groups in total. The molecule has 0 unspecified atom stereocenters. The summed E-state index contributed by atoms with van der Waals surface area (Å²) in [6.45, 7) is 1.51. The molecule has 6 nitrogen and oxygen atoms in total. The fourth-order valence-corrected chi connectivity index (χ4v) is 2.04. The Labute approximate surface area is 118 Å². The number of imidazole rings is 1. The minimum Gasteiger partial charge on any atom is -0.351 e. The lowest BCUT2D eigenvalue weighted by Gasteiger charge is -2.18. The van der Waals surface area contributed by atoms with Crippen molar-refractivity contribution in [2.24, 2.45) is 7.05 Å². The van der Waals surface area contributed by atoms with Gasteiger partial charge in [0.15, 0.2) is 0 Å². The van der Waals surface area contributed by atoms with Gasteiger partial charge in [0.2, 0.25) is 0 Å². The molecule has 0 atom stereocenters. The van der Waals surface area contributed by atoms with Crippen molar-refractivity contribution in [3.05, 3.63) is 36.3 Å². The molecule has 0 amide bonds. The van der Waals surface area contributed by atoms with Gasteiger partial charge in [-0.05, 0) is 12.8 Å². The fraction of sp³-hybridized carbons (Fsp3) is 0.500. The average Bonchev–Trinajstić information content (AvgIpc) is 3.21. The van der Waals surface area contributed by atoms with Crippen molar-refractivity contribution >= 4 is 5.82 Å². The number of hydrogen-bond acceptors (Lipinski definition) is 5. The van der Waals surface area contributed by atoms with Crippen molar-refractivity contribution in [1.29, 1.82) is 0 Å². The van der Waals surface area contributed by atoms with E-state index in [9.17, 15) is 0 Å². The second-order valence-corrected chi connectivity index (χ2v) is 5.33. The van der Waals surface area contributed by atoms with Crippen LogP contribution in [0.4, 0.5) is 5.82 Å². The Hall–Kier alpha value is -1.95. The van der Waals surface area contributed by atoms with Crippen LogP contribution < -0.4 is 10.2 Å². The van der Waals surface area contributed by atoms with Crippen LogP contribution in [0.15, 0.2) is 24.8 Å². The number of nitrogens with one attached hydrogen (secondary N) is 1. The molecule has 0 saturated heterocycles. The largest absolute Gasteiger partial charge is 0.351 e. The van der Waals surface area contributed by atoms with Gasteiger partial charge in [-0.3, -0.25) is 4.98 Å². The van der Waals surface area contributed by atoms with Crippen molar-refractivity contribution in [3.63, 3.8) is 0 Å². The minimum absolute atomic E-state index is 0.686. The third-order valence-electron chi connectivity index (χ3n) is 3.51. The predicted octanol–water partition coefficient (Wildman–Crippen LogP) is 1.10. The van der Waals surface area contributed by atoms with Crippen LogP contribution in [0.3, 0.4) is 0 Å². The summed E-state index contributed by atoms with van der Waals surface area (Å²) in [6.07, 6.45) is 9.95. The van der Waals surface area contributed by atoms with Crippen LogP contribution in [-0.4, -0.2) is 32.6 Å². The predicted molar refractivity (Wildman–Crippen MR) is 77.2 cm³/mol. The summed E-state index contributed by atoms with van der Waals surface area (Å²) in [4.78, 5) is 15.3. The fourth-order valence-electron chi connectivity index (χ4n) is 2.04. The molecule has 0 spiro atoms. The van der Waals surface area contributed by atoms with Crippen LogP contribution in [0.2, 0.25) is 0 Å². The van der Waals surface area contributed by atoms with Gasteiger partial charge in [0, 0.05) is 45.3 Å². The summed E-state index contributed by atoms with van der Waals surface area (Å²) < 4.78 is 2.02. The number of aromatic nitrogens is 4. The quantitative estimate of drug-likeness (QED) is 0.853. The van der Waals surface area contributed by atoms with Gasteiger partial charge >= 0.3 is 0 Å². The molecule has 1 saturated carbocycles.